The van der Waals surface area contributed by atoms with E-state index < -0.39 is 0 Å². The van der Waals surface area contributed by atoms with Crippen molar-refractivity contribution in [3.8, 4) is 11.3 Å². The summed E-state index contributed by atoms with van der Waals surface area (Å²) in [5, 5.41) is 0.618. The molecule has 0 aliphatic rings. The Morgan fingerprint density at radius 3 is 2.60 bits per heavy atom. The van der Waals surface area contributed by atoms with Crippen LogP contribution in [0.15, 0.2) is 42.5 Å². The lowest BCUT2D eigenvalue weighted by molar-refractivity contribution is 0.636. The van der Waals surface area contributed by atoms with Crippen LogP contribution in [0.1, 0.15) is 12.6 Å². The van der Waals surface area contributed by atoms with Gasteiger partial charge in [-0.3, -0.25) is 0 Å². The molecule has 100 valence electrons. The highest BCUT2D eigenvalue weighted by molar-refractivity contribution is 6.33. The molecule has 4 heteroatoms. The third-order valence-corrected chi connectivity index (χ3v) is 3.51. The van der Waals surface area contributed by atoms with Gasteiger partial charge in [0.25, 0.3) is 0 Å². The van der Waals surface area contributed by atoms with Gasteiger partial charge in [-0.05, 0) is 24.6 Å². The number of fused-ring (bicyclic) bond motifs is 1. The van der Waals surface area contributed by atoms with E-state index in [0.717, 1.165) is 17.0 Å². The molecule has 0 radical (unpaired) electrons. The van der Waals surface area contributed by atoms with Crippen molar-refractivity contribution < 1.29 is 4.39 Å². The van der Waals surface area contributed by atoms with Crippen molar-refractivity contribution in [2.45, 2.75) is 13.3 Å². The van der Waals surface area contributed by atoms with Crippen LogP contribution in [0.5, 0.6) is 0 Å². The molecule has 20 heavy (non-hydrogen) atoms. The monoisotopic (exact) mass is 286 g/mol. The molecule has 2 aromatic carbocycles. The van der Waals surface area contributed by atoms with Gasteiger partial charge in [-0.15, -0.1) is 0 Å². The highest BCUT2D eigenvalue weighted by atomic mass is 35.5. The maximum Gasteiger partial charge on any atom is 0.151 e. The highest BCUT2D eigenvalue weighted by Gasteiger charge is 2.13. The Hall–Kier alpha value is -2.00. The van der Waals surface area contributed by atoms with E-state index >= 15 is 0 Å². The van der Waals surface area contributed by atoms with E-state index in [2.05, 4.69) is 9.97 Å². The Morgan fingerprint density at radius 2 is 1.85 bits per heavy atom. The fraction of sp³-hybridized carbons (Fsp3) is 0.125. The number of para-hydroxylation sites is 1. The van der Waals surface area contributed by atoms with Crippen molar-refractivity contribution in [1.82, 2.24) is 9.97 Å². The summed E-state index contributed by atoms with van der Waals surface area (Å²) in [6, 6.07) is 12.3. The van der Waals surface area contributed by atoms with Gasteiger partial charge in [-0.2, -0.15) is 0 Å². The van der Waals surface area contributed by atoms with Crippen molar-refractivity contribution in [2.24, 2.45) is 0 Å². The second-order valence-electron chi connectivity index (χ2n) is 4.46. The number of halogens is 2. The van der Waals surface area contributed by atoms with E-state index in [-0.39, 0.29) is 5.82 Å². The molecule has 1 aromatic heterocycles. The first-order valence-electron chi connectivity index (χ1n) is 6.40. The summed E-state index contributed by atoms with van der Waals surface area (Å²) in [5.74, 6) is -0.351. The summed E-state index contributed by atoms with van der Waals surface area (Å²) in [5.41, 5.74) is 3.13. The van der Waals surface area contributed by atoms with Gasteiger partial charge in [0.15, 0.2) is 5.82 Å². The third-order valence-electron chi connectivity index (χ3n) is 3.18. The Bertz CT molecular complexity index is 787. The number of aryl methyl sites for hydroxylation is 1. The Morgan fingerprint density at radius 1 is 1.05 bits per heavy atom. The minimum Gasteiger partial charge on any atom is -0.246 e. The lowest BCUT2D eigenvalue weighted by Crippen LogP contribution is -1.99. The van der Waals surface area contributed by atoms with E-state index in [0.29, 0.717) is 22.5 Å². The molecule has 0 bridgehead atoms. The molecule has 1 heterocycles. The van der Waals surface area contributed by atoms with Crippen LogP contribution in [0.2, 0.25) is 5.02 Å². The summed E-state index contributed by atoms with van der Waals surface area (Å²) < 4.78 is 13.8. The predicted molar refractivity (Wildman–Crippen MR) is 79.3 cm³/mol. The van der Waals surface area contributed by atoms with Gasteiger partial charge in [0.2, 0.25) is 0 Å². The minimum atomic E-state index is -0.351. The van der Waals surface area contributed by atoms with Crippen LogP contribution in [0, 0.1) is 5.82 Å². The topological polar surface area (TPSA) is 25.8 Å². The Kier molecular flexibility index (Phi) is 3.36. The molecule has 0 atom stereocenters. The molecule has 0 aliphatic carbocycles. The number of aromatic nitrogens is 2. The van der Waals surface area contributed by atoms with Crippen molar-refractivity contribution in [1.29, 1.82) is 0 Å². The number of rotatable bonds is 2. The van der Waals surface area contributed by atoms with E-state index in [1.165, 1.54) is 6.07 Å². The average Bonchev–Trinajstić information content (AvgIpc) is 2.47. The maximum absolute atomic E-state index is 13.8. The zero-order valence-corrected chi connectivity index (χ0v) is 11.7. The van der Waals surface area contributed by atoms with Crippen LogP contribution in [0.4, 0.5) is 4.39 Å². The lowest BCUT2D eigenvalue weighted by atomic mass is 10.1. The van der Waals surface area contributed by atoms with Crippen molar-refractivity contribution in [3.05, 3.63) is 59.0 Å². The molecule has 2 nitrogen and oxygen atoms in total. The van der Waals surface area contributed by atoms with Crippen molar-refractivity contribution in [3.63, 3.8) is 0 Å². The van der Waals surface area contributed by atoms with Crippen LogP contribution in [-0.2, 0) is 6.42 Å². The van der Waals surface area contributed by atoms with E-state index in [1.54, 1.807) is 12.1 Å². The summed E-state index contributed by atoms with van der Waals surface area (Å²) in [4.78, 5) is 8.97. The van der Waals surface area contributed by atoms with Crippen molar-refractivity contribution in [2.75, 3.05) is 0 Å². The Balaban J connectivity index is 2.33. The number of benzene rings is 2. The number of hydrogen-bond donors (Lipinski definition) is 0. The van der Waals surface area contributed by atoms with Crippen LogP contribution >= 0.6 is 11.6 Å². The fourth-order valence-corrected chi connectivity index (χ4v) is 2.42. The van der Waals surface area contributed by atoms with Crippen molar-refractivity contribution >= 4 is 22.6 Å². The standard InChI is InChI=1S/C16H12ClFN2/c1-2-13-15(10-6-3-4-7-11(10)17)20-14-9-5-8-12(18)16(14)19-13/h3-9H,2H2,1H3. The van der Waals surface area contributed by atoms with Crippen LogP contribution in [-0.4, -0.2) is 9.97 Å². The van der Waals surface area contributed by atoms with Gasteiger partial charge in [-0.1, -0.05) is 42.8 Å². The molecule has 3 aromatic rings. The molecule has 0 aliphatic heterocycles. The van der Waals surface area contributed by atoms with E-state index in [9.17, 15) is 4.39 Å². The van der Waals surface area contributed by atoms with Gasteiger partial charge in [0.1, 0.15) is 5.52 Å². The van der Waals surface area contributed by atoms with Crippen LogP contribution < -0.4 is 0 Å². The molecule has 0 N–H and O–H groups in total. The average molecular weight is 287 g/mol. The summed E-state index contributed by atoms with van der Waals surface area (Å²) in [6.07, 6.45) is 0.665. The molecule has 0 spiro atoms. The molecule has 3 rings (SSSR count). The quantitative estimate of drug-likeness (QED) is 0.685. The SMILES string of the molecule is CCc1nc2c(F)cccc2nc1-c1ccccc1Cl. The summed E-state index contributed by atoms with van der Waals surface area (Å²) in [6.45, 7) is 1.97. The third kappa shape index (κ3) is 2.14. The number of nitrogens with zero attached hydrogens (tertiary/aromatic N) is 2. The Labute approximate surface area is 121 Å². The molecule has 0 saturated carbocycles. The van der Waals surface area contributed by atoms with E-state index in [4.69, 9.17) is 11.6 Å². The molecular weight excluding hydrogens is 275 g/mol. The smallest absolute Gasteiger partial charge is 0.151 e. The zero-order valence-electron chi connectivity index (χ0n) is 10.9. The predicted octanol–water partition coefficient (Wildman–Crippen LogP) is 4.65. The first-order valence-corrected chi connectivity index (χ1v) is 6.78. The minimum absolute atomic E-state index is 0.306. The van der Waals surface area contributed by atoms with Gasteiger partial charge in [-0.25, -0.2) is 14.4 Å². The largest absolute Gasteiger partial charge is 0.246 e. The fourth-order valence-electron chi connectivity index (χ4n) is 2.19. The van der Waals surface area contributed by atoms with Gasteiger partial charge < -0.3 is 0 Å². The second-order valence-corrected chi connectivity index (χ2v) is 4.87. The molecule has 0 unspecified atom stereocenters. The summed E-state index contributed by atoms with van der Waals surface area (Å²) >= 11 is 6.23. The number of hydrogen-bond acceptors (Lipinski definition) is 2. The zero-order chi connectivity index (χ0) is 14.1. The molecular formula is C16H12ClFN2. The molecule has 0 amide bonds. The van der Waals surface area contributed by atoms with Gasteiger partial charge >= 0.3 is 0 Å². The van der Waals surface area contributed by atoms with Gasteiger partial charge in [0, 0.05) is 5.56 Å². The normalized spacial score (nSPS) is 10.9. The molecule has 0 fully saturated rings. The van der Waals surface area contributed by atoms with E-state index in [1.807, 2.05) is 31.2 Å². The maximum atomic E-state index is 13.8. The highest BCUT2D eigenvalue weighted by Crippen LogP contribution is 2.30. The van der Waals surface area contributed by atoms with Crippen LogP contribution in [0.3, 0.4) is 0 Å². The lowest BCUT2D eigenvalue weighted by Gasteiger charge is -2.10. The first kappa shape index (κ1) is 13.0. The first-order chi connectivity index (χ1) is 9.70. The summed E-state index contributed by atoms with van der Waals surface area (Å²) in [7, 11) is 0. The molecule has 0 saturated heterocycles. The second kappa shape index (κ2) is 5.17. The van der Waals surface area contributed by atoms with Crippen LogP contribution in [0.25, 0.3) is 22.3 Å². The van der Waals surface area contributed by atoms with Gasteiger partial charge in [0.05, 0.1) is 21.9 Å².